The molecule has 3 aliphatic rings. The second kappa shape index (κ2) is 20.0. The fourth-order valence-corrected chi connectivity index (χ4v) is 7.88. The molecule has 1 aliphatic heterocycles. The maximum atomic E-state index is 13.0. The average Bonchev–Trinajstić information content (AvgIpc) is 4.24. The van der Waals surface area contributed by atoms with E-state index in [1.807, 2.05) is 105 Å². The summed E-state index contributed by atoms with van der Waals surface area (Å²) in [5.74, 6) is 3.20. The molecule has 65 heavy (non-hydrogen) atoms. The zero-order chi connectivity index (χ0) is 45.6. The van der Waals surface area contributed by atoms with E-state index in [0.29, 0.717) is 89.4 Å². The van der Waals surface area contributed by atoms with Gasteiger partial charge >= 0.3 is 11.4 Å². The van der Waals surface area contributed by atoms with E-state index in [1.165, 1.54) is 40.4 Å². The fourth-order valence-electron chi connectivity index (χ4n) is 7.51. The Kier molecular flexibility index (Phi) is 13.8. The highest BCUT2D eigenvalue weighted by atomic mass is 79.9. The normalized spacial score (nSPS) is 14.0. The van der Waals surface area contributed by atoms with Gasteiger partial charge in [-0.05, 0) is 101 Å². The van der Waals surface area contributed by atoms with E-state index >= 15 is 0 Å². The molecule has 2 aromatic carbocycles. The number of halogens is 1. The molecule has 2 fully saturated rings. The van der Waals surface area contributed by atoms with Gasteiger partial charge in [-0.15, -0.1) is 0 Å². The van der Waals surface area contributed by atoms with Crippen LogP contribution in [0.3, 0.4) is 0 Å². The first-order valence-corrected chi connectivity index (χ1v) is 23.1. The molecule has 7 aromatic rings. The van der Waals surface area contributed by atoms with Gasteiger partial charge in [0.2, 0.25) is 11.8 Å². The zero-order valence-corrected chi connectivity index (χ0v) is 38.5. The van der Waals surface area contributed by atoms with Crippen molar-refractivity contribution in [2.45, 2.75) is 83.8 Å². The Bertz CT molecular complexity index is 3060. The van der Waals surface area contributed by atoms with Gasteiger partial charge in [-0.3, -0.25) is 28.7 Å². The van der Waals surface area contributed by atoms with E-state index in [2.05, 4.69) is 53.0 Å². The Morgan fingerprint density at radius 2 is 1.22 bits per heavy atom. The van der Waals surface area contributed by atoms with E-state index in [-0.39, 0.29) is 17.6 Å². The number of aromatic amines is 2. The van der Waals surface area contributed by atoms with Crippen LogP contribution in [-0.2, 0) is 18.3 Å². The van der Waals surface area contributed by atoms with Crippen LogP contribution in [0.2, 0.25) is 0 Å². The number of aliphatic imine (C=N–C) groups is 1. The van der Waals surface area contributed by atoms with Gasteiger partial charge in [0.05, 0.1) is 35.6 Å². The smallest absolute Gasteiger partial charge is 0.330 e. The Morgan fingerprint density at radius 1 is 0.677 bits per heavy atom. The Balaban J connectivity index is 0.000000155. The van der Waals surface area contributed by atoms with Crippen LogP contribution in [0.1, 0.15) is 87.7 Å². The summed E-state index contributed by atoms with van der Waals surface area (Å²) in [6.45, 7) is 9.25. The molecule has 10 rings (SSSR count). The summed E-state index contributed by atoms with van der Waals surface area (Å²) >= 11 is 3.36. The number of aromatic nitrogens is 8. The van der Waals surface area contributed by atoms with Crippen molar-refractivity contribution in [3.8, 4) is 23.1 Å². The van der Waals surface area contributed by atoms with E-state index in [1.54, 1.807) is 12.4 Å². The van der Waals surface area contributed by atoms with Crippen molar-refractivity contribution in [3.05, 3.63) is 161 Å². The average molecular weight is 943 g/mol. The molecular weight excluding hydrogens is 890 g/mol. The van der Waals surface area contributed by atoms with Crippen molar-refractivity contribution in [2.75, 3.05) is 13.2 Å². The summed E-state index contributed by atoms with van der Waals surface area (Å²) in [6, 6.07) is 27.3. The highest BCUT2D eigenvalue weighted by Crippen LogP contribution is 2.35. The van der Waals surface area contributed by atoms with Crippen LogP contribution in [0, 0.1) is 11.8 Å². The predicted molar refractivity (Wildman–Crippen MR) is 255 cm³/mol. The predicted octanol–water partition coefficient (Wildman–Crippen LogP) is 7.93. The number of hydrogen-bond acceptors (Lipinski definition) is 10. The summed E-state index contributed by atoms with van der Waals surface area (Å²) in [6.07, 6.45) is 8.48. The Hall–Kier alpha value is -6.68. The first-order chi connectivity index (χ1) is 31.5. The third kappa shape index (κ3) is 10.5. The third-order valence-electron chi connectivity index (χ3n) is 11.2. The number of H-pyrrole nitrogens is 2. The van der Waals surface area contributed by atoms with Gasteiger partial charge < -0.3 is 14.0 Å². The monoisotopic (exact) mass is 941 g/mol. The summed E-state index contributed by atoms with van der Waals surface area (Å²) in [4.78, 5) is 72.9. The summed E-state index contributed by atoms with van der Waals surface area (Å²) in [5.41, 5.74) is 4.02. The number of nitrogens with one attached hydrogen (secondary N) is 2. The van der Waals surface area contributed by atoms with E-state index in [9.17, 15) is 19.2 Å². The van der Waals surface area contributed by atoms with E-state index in [0.717, 1.165) is 16.5 Å². The van der Waals surface area contributed by atoms with Crippen molar-refractivity contribution in [1.29, 1.82) is 0 Å². The molecule has 16 heteroatoms. The summed E-state index contributed by atoms with van der Waals surface area (Å²) < 4.78 is 16.8. The number of imidazole rings is 1. The molecular formula is C49H52BrN9O6. The molecule has 0 spiro atoms. The van der Waals surface area contributed by atoms with Crippen LogP contribution in [-0.4, -0.2) is 57.5 Å². The molecule has 2 N–H and O–H groups in total. The van der Waals surface area contributed by atoms with Crippen LogP contribution in [0.25, 0.3) is 22.6 Å². The maximum absolute atomic E-state index is 13.0. The van der Waals surface area contributed by atoms with Crippen molar-refractivity contribution < 1.29 is 9.47 Å². The highest BCUT2D eigenvalue weighted by Gasteiger charge is 2.29. The second-order valence-corrected chi connectivity index (χ2v) is 17.6. The molecule has 15 nitrogen and oxygen atoms in total. The standard InChI is InChI=1S/C24H25N5O3.C18H20N4O3.C7H7Br/c1-15(2)29-21-19(22(30)27-24(29)31)28(13-16-7-4-3-5-8-16)20(26-21)18-9-6-12-25-23(18)32-14-17-10-11-17;1-10(2)22-15-13(16(23)21-18(22)24)8-14(20-15)12-4-3-7-19-17(12)25-9-11-5-6-11;8-6-7-4-2-1-3-5-7/h3-9,12,15,17H,10-11,13-14H2,1-2H3,(H,27,30,31);3-4,7,10-11H,5-6,8-9H2,1-2H3,(H,21,23,24);1-5H,6H2. The second-order valence-electron chi connectivity index (χ2n) is 17.0. The van der Waals surface area contributed by atoms with Gasteiger partial charge in [0.15, 0.2) is 11.2 Å². The minimum absolute atomic E-state index is 0.0966. The van der Waals surface area contributed by atoms with Crippen LogP contribution >= 0.6 is 15.9 Å². The summed E-state index contributed by atoms with van der Waals surface area (Å²) in [7, 11) is 0. The zero-order valence-electron chi connectivity index (χ0n) is 36.9. The van der Waals surface area contributed by atoms with Crippen LogP contribution in [0.4, 0.5) is 5.82 Å². The minimum atomic E-state index is -0.468. The van der Waals surface area contributed by atoms with Gasteiger partial charge in [0, 0.05) is 42.8 Å². The van der Waals surface area contributed by atoms with Gasteiger partial charge in [-0.2, -0.15) is 0 Å². The molecule has 2 aliphatic carbocycles. The molecule has 0 bridgehead atoms. The third-order valence-corrected chi connectivity index (χ3v) is 11.9. The topological polar surface area (TPSA) is 184 Å². The number of nitrogens with zero attached hydrogens (tertiary/aromatic N) is 7. The lowest BCUT2D eigenvalue weighted by Crippen LogP contribution is -2.32. The first kappa shape index (κ1) is 44.9. The SMILES string of the molecule is BrCc1ccccc1.CC(C)n1c(=O)[nH]c(=O)c2c1nc(-c1cccnc1OCC1CC1)n2Cc1ccccc1.CC(C)n1c2c(c(=O)[nH]c1=O)CC(c1cccnc1OCC1CC1)=N2. The molecule has 0 unspecified atom stereocenters. The maximum Gasteiger partial charge on any atom is 0.330 e. The number of alkyl halides is 1. The highest BCUT2D eigenvalue weighted by molar-refractivity contribution is 9.08. The number of fused-ring (bicyclic) bond motifs is 2. The lowest BCUT2D eigenvalue weighted by atomic mass is 10.1. The number of ether oxygens (including phenoxy) is 2. The van der Waals surface area contributed by atoms with Gasteiger partial charge in [0.25, 0.3) is 11.1 Å². The molecule has 5 aromatic heterocycles. The van der Waals surface area contributed by atoms with Crippen molar-refractivity contribution in [1.82, 2.24) is 38.6 Å². The first-order valence-electron chi connectivity index (χ1n) is 22.0. The van der Waals surface area contributed by atoms with E-state index in [4.69, 9.17) is 14.5 Å². The molecule has 0 amide bonds. The lowest BCUT2D eigenvalue weighted by molar-refractivity contribution is 0.288. The lowest BCUT2D eigenvalue weighted by Gasteiger charge is -2.12. The van der Waals surface area contributed by atoms with Crippen molar-refractivity contribution >= 4 is 38.6 Å². The van der Waals surface area contributed by atoms with Gasteiger partial charge in [-0.25, -0.2) is 29.5 Å². The molecule has 2 saturated carbocycles. The van der Waals surface area contributed by atoms with Gasteiger partial charge in [-0.1, -0.05) is 76.6 Å². The molecule has 336 valence electrons. The number of hydrogen-bond donors (Lipinski definition) is 2. The number of benzene rings is 2. The number of pyridine rings is 2. The fraction of sp³-hybridized carbons (Fsp3) is 0.347. The minimum Gasteiger partial charge on any atom is -0.477 e. The van der Waals surface area contributed by atoms with Crippen molar-refractivity contribution in [2.24, 2.45) is 16.8 Å². The Morgan fingerprint density at radius 3 is 1.77 bits per heavy atom. The Labute approximate surface area is 383 Å². The molecule has 0 saturated heterocycles. The van der Waals surface area contributed by atoms with Crippen LogP contribution in [0.5, 0.6) is 11.8 Å². The van der Waals surface area contributed by atoms with Crippen molar-refractivity contribution in [3.63, 3.8) is 0 Å². The molecule has 0 atom stereocenters. The van der Waals surface area contributed by atoms with Crippen LogP contribution < -0.4 is 32.0 Å². The molecule has 6 heterocycles. The van der Waals surface area contributed by atoms with E-state index < -0.39 is 16.9 Å². The quantitative estimate of drug-likeness (QED) is 0.108. The van der Waals surface area contributed by atoms with Crippen LogP contribution in [0.15, 0.2) is 121 Å². The molecule has 0 radical (unpaired) electrons. The summed E-state index contributed by atoms with van der Waals surface area (Å²) in [5, 5.41) is 0.952. The largest absolute Gasteiger partial charge is 0.477 e. The van der Waals surface area contributed by atoms with Gasteiger partial charge in [0.1, 0.15) is 11.6 Å². The number of rotatable bonds is 13.